The van der Waals surface area contributed by atoms with Crippen molar-refractivity contribution in [2.75, 3.05) is 18.5 Å². The Labute approximate surface area is 160 Å². The smallest absolute Gasteiger partial charge is 0.239 e. The van der Waals surface area contributed by atoms with Crippen molar-refractivity contribution in [3.8, 4) is 5.75 Å². The molecule has 1 aliphatic rings. The van der Waals surface area contributed by atoms with Gasteiger partial charge in [0.2, 0.25) is 11.8 Å². The molecule has 142 valence electrons. The third-order valence-electron chi connectivity index (χ3n) is 4.96. The minimum Gasteiger partial charge on any atom is -0.492 e. The van der Waals surface area contributed by atoms with Crippen molar-refractivity contribution >= 4 is 17.5 Å². The quantitative estimate of drug-likeness (QED) is 0.822. The summed E-state index contributed by atoms with van der Waals surface area (Å²) in [5.74, 6) is 0.102. The number of para-hydroxylation sites is 2. The number of anilines is 1. The number of ether oxygens (including phenoxy) is 1. The standard InChI is InChI=1S/C22H26N2O3/c1-4-27-19-12-8-7-11-18(19)23-20(25)22(2,3)21(26)24-14-13-16-9-5-6-10-17(16)15-24/h5-12H,4,13-15H2,1-3H3,(H,23,25). The lowest BCUT2D eigenvalue weighted by molar-refractivity contribution is -0.147. The number of carbonyl (C=O) groups excluding carboxylic acids is 2. The second-order valence-corrected chi connectivity index (χ2v) is 7.25. The first-order chi connectivity index (χ1) is 12.9. The van der Waals surface area contributed by atoms with E-state index in [4.69, 9.17) is 4.74 Å². The summed E-state index contributed by atoms with van der Waals surface area (Å²) in [5.41, 5.74) is 1.82. The molecule has 27 heavy (non-hydrogen) atoms. The summed E-state index contributed by atoms with van der Waals surface area (Å²) in [6, 6.07) is 15.4. The molecule has 0 saturated carbocycles. The molecule has 5 nitrogen and oxygen atoms in total. The van der Waals surface area contributed by atoms with E-state index >= 15 is 0 Å². The molecule has 2 amide bonds. The van der Waals surface area contributed by atoms with Gasteiger partial charge in [0.05, 0.1) is 12.3 Å². The highest BCUT2D eigenvalue weighted by molar-refractivity contribution is 6.10. The van der Waals surface area contributed by atoms with E-state index < -0.39 is 5.41 Å². The number of amides is 2. The molecule has 0 bridgehead atoms. The number of carbonyl (C=O) groups is 2. The van der Waals surface area contributed by atoms with Crippen LogP contribution in [0.2, 0.25) is 0 Å². The van der Waals surface area contributed by atoms with Crippen molar-refractivity contribution in [3.63, 3.8) is 0 Å². The van der Waals surface area contributed by atoms with Crippen molar-refractivity contribution in [3.05, 3.63) is 59.7 Å². The van der Waals surface area contributed by atoms with Crippen LogP contribution in [0.25, 0.3) is 0 Å². The third-order valence-corrected chi connectivity index (χ3v) is 4.96. The summed E-state index contributed by atoms with van der Waals surface area (Å²) in [7, 11) is 0. The number of fused-ring (bicyclic) bond motifs is 1. The topological polar surface area (TPSA) is 58.6 Å². The van der Waals surface area contributed by atoms with Gasteiger partial charge >= 0.3 is 0 Å². The zero-order chi connectivity index (χ0) is 19.4. The minimum absolute atomic E-state index is 0.164. The SMILES string of the molecule is CCOc1ccccc1NC(=O)C(C)(C)C(=O)N1CCc2ccccc2C1. The average Bonchev–Trinajstić information content (AvgIpc) is 2.68. The van der Waals surface area contributed by atoms with Crippen molar-refractivity contribution in [1.29, 1.82) is 0 Å². The van der Waals surface area contributed by atoms with Crippen molar-refractivity contribution in [1.82, 2.24) is 4.90 Å². The summed E-state index contributed by atoms with van der Waals surface area (Å²) in [4.78, 5) is 27.8. The van der Waals surface area contributed by atoms with E-state index in [2.05, 4.69) is 11.4 Å². The Hall–Kier alpha value is -2.82. The fraction of sp³-hybridized carbons (Fsp3) is 0.364. The van der Waals surface area contributed by atoms with Crippen molar-refractivity contribution < 1.29 is 14.3 Å². The molecule has 0 aromatic heterocycles. The number of nitrogens with one attached hydrogen (secondary N) is 1. The molecule has 0 atom stereocenters. The fourth-order valence-corrected chi connectivity index (χ4v) is 3.29. The second kappa shape index (κ2) is 7.82. The number of benzene rings is 2. The summed E-state index contributed by atoms with van der Waals surface area (Å²) in [6.45, 7) is 6.91. The molecule has 5 heteroatoms. The normalized spacial score (nSPS) is 13.7. The molecule has 0 fully saturated rings. The van der Waals surface area contributed by atoms with Gasteiger partial charge in [-0.15, -0.1) is 0 Å². The van der Waals surface area contributed by atoms with Crippen LogP contribution < -0.4 is 10.1 Å². The van der Waals surface area contributed by atoms with E-state index in [9.17, 15) is 9.59 Å². The van der Waals surface area contributed by atoms with Gasteiger partial charge in [0, 0.05) is 13.1 Å². The maximum atomic E-state index is 13.1. The maximum Gasteiger partial charge on any atom is 0.239 e. The van der Waals surface area contributed by atoms with Crippen LogP contribution in [0, 0.1) is 5.41 Å². The van der Waals surface area contributed by atoms with Gasteiger partial charge in [0.1, 0.15) is 11.2 Å². The first-order valence-electron chi connectivity index (χ1n) is 9.33. The second-order valence-electron chi connectivity index (χ2n) is 7.25. The number of nitrogens with zero attached hydrogens (tertiary/aromatic N) is 1. The Morgan fingerprint density at radius 1 is 1.07 bits per heavy atom. The highest BCUT2D eigenvalue weighted by atomic mass is 16.5. The first-order valence-corrected chi connectivity index (χ1v) is 9.33. The molecule has 2 aromatic carbocycles. The van der Waals surface area contributed by atoms with Crippen LogP contribution in [-0.2, 0) is 22.6 Å². The predicted octanol–water partition coefficient (Wildman–Crippen LogP) is 3.63. The van der Waals surface area contributed by atoms with Gasteiger partial charge in [-0.05, 0) is 50.5 Å². The Morgan fingerprint density at radius 2 is 1.74 bits per heavy atom. The molecule has 0 aliphatic carbocycles. The monoisotopic (exact) mass is 366 g/mol. The van der Waals surface area contributed by atoms with Crippen molar-refractivity contribution in [2.24, 2.45) is 5.41 Å². The minimum atomic E-state index is -1.17. The van der Waals surface area contributed by atoms with E-state index in [1.165, 1.54) is 5.56 Å². The van der Waals surface area contributed by atoms with E-state index in [0.717, 1.165) is 12.0 Å². The molecule has 1 aliphatic heterocycles. The summed E-state index contributed by atoms with van der Waals surface area (Å²) < 4.78 is 5.56. The molecule has 1 N–H and O–H groups in total. The lowest BCUT2D eigenvalue weighted by Gasteiger charge is -2.34. The van der Waals surface area contributed by atoms with Gasteiger partial charge in [-0.25, -0.2) is 0 Å². The summed E-state index contributed by atoms with van der Waals surface area (Å²) >= 11 is 0. The van der Waals surface area contributed by atoms with Gasteiger partial charge in [-0.1, -0.05) is 36.4 Å². The lowest BCUT2D eigenvalue weighted by atomic mass is 9.88. The molecule has 0 saturated heterocycles. The molecule has 1 heterocycles. The molecule has 0 spiro atoms. The maximum absolute atomic E-state index is 13.1. The highest BCUT2D eigenvalue weighted by Crippen LogP contribution is 2.29. The van der Waals surface area contributed by atoms with E-state index in [0.29, 0.717) is 31.1 Å². The molecular formula is C22H26N2O3. The van der Waals surface area contributed by atoms with Crippen LogP contribution in [0.3, 0.4) is 0 Å². The summed E-state index contributed by atoms with van der Waals surface area (Å²) in [5, 5.41) is 2.86. The van der Waals surface area contributed by atoms with Gasteiger partial charge in [-0.2, -0.15) is 0 Å². The number of hydrogen-bond acceptors (Lipinski definition) is 3. The van der Waals surface area contributed by atoms with E-state index in [-0.39, 0.29) is 11.8 Å². The lowest BCUT2D eigenvalue weighted by Crippen LogP contribution is -2.48. The fourth-order valence-electron chi connectivity index (χ4n) is 3.29. The Morgan fingerprint density at radius 3 is 2.48 bits per heavy atom. The third kappa shape index (κ3) is 3.97. The molecular weight excluding hydrogens is 340 g/mol. The first kappa shape index (κ1) is 19.0. The zero-order valence-electron chi connectivity index (χ0n) is 16.1. The van der Waals surface area contributed by atoms with Crippen LogP contribution in [-0.4, -0.2) is 29.9 Å². The molecule has 0 radical (unpaired) electrons. The number of rotatable bonds is 5. The van der Waals surface area contributed by atoms with Crippen LogP contribution in [0.4, 0.5) is 5.69 Å². The Bertz CT molecular complexity index is 845. The van der Waals surface area contributed by atoms with Crippen LogP contribution in [0.5, 0.6) is 5.75 Å². The van der Waals surface area contributed by atoms with Crippen molar-refractivity contribution in [2.45, 2.75) is 33.7 Å². The Balaban J connectivity index is 1.74. The van der Waals surface area contributed by atoms with Gasteiger partial charge in [0.15, 0.2) is 0 Å². The summed E-state index contributed by atoms with van der Waals surface area (Å²) in [6.07, 6.45) is 0.812. The van der Waals surface area contributed by atoms with E-state index in [1.54, 1.807) is 30.9 Å². The van der Waals surface area contributed by atoms with Gasteiger partial charge in [-0.3, -0.25) is 9.59 Å². The largest absolute Gasteiger partial charge is 0.492 e. The molecule has 0 unspecified atom stereocenters. The average molecular weight is 366 g/mol. The zero-order valence-corrected chi connectivity index (χ0v) is 16.1. The van der Waals surface area contributed by atoms with Gasteiger partial charge in [0.25, 0.3) is 0 Å². The number of hydrogen-bond donors (Lipinski definition) is 1. The van der Waals surface area contributed by atoms with Crippen LogP contribution in [0.1, 0.15) is 31.9 Å². The molecule has 2 aromatic rings. The highest BCUT2D eigenvalue weighted by Gasteiger charge is 2.40. The Kier molecular flexibility index (Phi) is 5.49. The van der Waals surface area contributed by atoms with E-state index in [1.807, 2.05) is 37.3 Å². The van der Waals surface area contributed by atoms with Gasteiger partial charge < -0.3 is 15.0 Å². The molecule has 3 rings (SSSR count). The van der Waals surface area contributed by atoms with Crippen LogP contribution in [0.15, 0.2) is 48.5 Å². The predicted molar refractivity (Wildman–Crippen MR) is 106 cm³/mol. The van der Waals surface area contributed by atoms with Crippen LogP contribution >= 0.6 is 0 Å².